The van der Waals surface area contributed by atoms with Gasteiger partial charge in [-0.05, 0) is 62.0 Å². The molecule has 0 radical (unpaired) electrons. The molecule has 0 amide bonds. The number of pyridine rings is 1. The molecular weight excluding hydrogens is 414 g/mol. The first-order chi connectivity index (χ1) is 16.1. The molecule has 170 valence electrons. The summed E-state index contributed by atoms with van der Waals surface area (Å²) in [6.45, 7) is 9.93. The number of likely N-dealkylation sites (N-methyl/N-ethyl adjacent to an activating group) is 1. The normalized spacial score (nSPS) is 11.2. The molecule has 1 N–H and O–H groups in total. The van der Waals surface area contributed by atoms with Crippen molar-refractivity contribution in [1.82, 2.24) is 19.4 Å². The van der Waals surface area contributed by atoms with E-state index in [1.165, 1.54) is 6.07 Å². The largest absolute Gasteiger partial charge is 0.492 e. The highest BCUT2D eigenvalue weighted by atomic mass is 16.5. The van der Waals surface area contributed by atoms with E-state index >= 15 is 0 Å². The number of hydrogen-bond donors (Lipinski definition) is 1. The molecule has 2 aromatic heterocycles. The fourth-order valence-electron chi connectivity index (χ4n) is 3.75. The van der Waals surface area contributed by atoms with Crippen molar-refractivity contribution in [2.75, 3.05) is 31.6 Å². The molecule has 0 spiro atoms. The van der Waals surface area contributed by atoms with Crippen LogP contribution in [-0.2, 0) is 0 Å². The van der Waals surface area contributed by atoms with Crippen molar-refractivity contribution in [2.45, 2.75) is 20.8 Å². The number of fused-ring (bicyclic) bond motifs is 1. The quantitative estimate of drug-likeness (QED) is 0.409. The first-order valence-corrected chi connectivity index (χ1v) is 11.3. The van der Waals surface area contributed by atoms with E-state index < -0.39 is 0 Å². The van der Waals surface area contributed by atoms with Crippen molar-refractivity contribution in [3.05, 3.63) is 82.8 Å². The van der Waals surface area contributed by atoms with Gasteiger partial charge in [0.05, 0.1) is 5.69 Å². The molecule has 7 nitrogen and oxygen atoms in total. The lowest BCUT2D eigenvalue weighted by Gasteiger charge is -2.18. The van der Waals surface area contributed by atoms with Gasteiger partial charge in [0.1, 0.15) is 12.4 Å². The fourth-order valence-corrected chi connectivity index (χ4v) is 3.75. The number of anilines is 2. The number of benzene rings is 2. The van der Waals surface area contributed by atoms with Gasteiger partial charge >= 0.3 is 0 Å². The standard InChI is InChI=1S/C26H29N5O2/c1-4-30(5-2)15-16-33-23-13-12-21(17-19(23)3)28-26-27-18-20-11-14-24(32)31(25(20)29-26)22-9-7-6-8-10-22/h6-14,17-18H,4-5,15-16H2,1-3H3,(H,27,28,29). The van der Waals surface area contributed by atoms with Crippen LogP contribution in [0.5, 0.6) is 5.75 Å². The van der Waals surface area contributed by atoms with Crippen LogP contribution >= 0.6 is 0 Å². The molecule has 0 aliphatic rings. The number of nitrogens with zero attached hydrogens (tertiary/aromatic N) is 4. The van der Waals surface area contributed by atoms with Gasteiger partial charge in [0.2, 0.25) is 5.95 Å². The van der Waals surface area contributed by atoms with Crippen LogP contribution in [0.1, 0.15) is 19.4 Å². The van der Waals surface area contributed by atoms with Crippen LogP contribution in [0.15, 0.2) is 71.7 Å². The maximum absolute atomic E-state index is 12.6. The van der Waals surface area contributed by atoms with E-state index in [2.05, 4.69) is 34.0 Å². The van der Waals surface area contributed by atoms with Crippen LogP contribution in [0.25, 0.3) is 16.7 Å². The Hall–Kier alpha value is -3.71. The second-order valence-corrected chi connectivity index (χ2v) is 7.80. The number of hydrogen-bond acceptors (Lipinski definition) is 6. The molecule has 2 aromatic carbocycles. The predicted molar refractivity (Wildman–Crippen MR) is 133 cm³/mol. The van der Waals surface area contributed by atoms with Crippen LogP contribution in [0.4, 0.5) is 11.6 Å². The number of rotatable bonds is 9. The van der Waals surface area contributed by atoms with Gasteiger partial charge in [-0.3, -0.25) is 9.36 Å². The minimum atomic E-state index is -0.139. The van der Waals surface area contributed by atoms with E-state index in [-0.39, 0.29) is 5.56 Å². The van der Waals surface area contributed by atoms with E-state index in [1.54, 1.807) is 16.8 Å². The topological polar surface area (TPSA) is 72.3 Å². The average molecular weight is 444 g/mol. The summed E-state index contributed by atoms with van der Waals surface area (Å²) in [5.74, 6) is 1.29. The lowest BCUT2D eigenvalue weighted by Crippen LogP contribution is -2.28. The third-order valence-electron chi connectivity index (χ3n) is 5.64. The van der Waals surface area contributed by atoms with E-state index in [1.807, 2.05) is 55.5 Å². The second-order valence-electron chi connectivity index (χ2n) is 7.80. The molecule has 0 saturated heterocycles. The molecule has 0 saturated carbocycles. The summed E-state index contributed by atoms with van der Waals surface area (Å²) in [4.78, 5) is 24.0. The summed E-state index contributed by atoms with van der Waals surface area (Å²) in [6, 6.07) is 18.7. The monoisotopic (exact) mass is 443 g/mol. The Morgan fingerprint density at radius 2 is 1.82 bits per heavy atom. The number of ether oxygens (including phenoxy) is 1. The van der Waals surface area contributed by atoms with Gasteiger partial charge in [0.25, 0.3) is 5.56 Å². The summed E-state index contributed by atoms with van der Waals surface area (Å²) in [5.41, 5.74) is 3.06. The Bertz CT molecular complexity index is 1280. The van der Waals surface area contributed by atoms with Gasteiger partial charge in [-0.15, -0.1) is 0 Å². The number of para-hydroxylation sites is 1. The third-order valence-corrected chi connectivity index (χ3v) is 5.64. The van der Waals surface area contributed by atoms with Crippen LogP contribution in [0, 0.1) is 6.92 Å². The lowest BCUT2D eigenvalue weighted by atomic mass is 10.2. The molecule has 33 heavy (non-hydrogen) atoms. The smallest absolute Gasteiger partial charge is 0.256 e. The second kappa shape index (κ2) is 10.3. The summed E-state index contributed by atoms with van der Waals surface area (Å²) in [6.07, 6.45) is 1.72. The maximum Gasteiger partial charge on any atom is 0.256 e. The van der Waals surface area contributed by atoms with Crippen molar-refractivity contribution in [2.24, 2.45) is 0 Å². The summed E-state index contributed by atoms with van der Waals surface area (Å²) >= 11 is 0. The zero-order valence-corrected chi connectivity index (χ0v) is 19.3. The molecular formula is C26H29N5O2. The average Bonchev–Trinajstić information content (AvgIpc) is 2.83. The Labute approximate surface area is 193 Å². The first kappa shape index (κ1) is 22.5. The Morgan fingerprint density at radius 3 is 2.55 bits per heavy atom. The van der Waals surface area contributed by atoms with Crippen molar-refractivity contribution in [3.63, 3.8) is 0 Å². The number of aryl methyl sites for hydroxylation is 1. The van der Waals surface area contributed by atoms with Gasteiger partial charge in [-0.1, -0.05) is 32.0 Å². The first-order valence-electron chi connectivity index (χ1n) is 11.3. The van der Waals surface area contributed by atoms with E-state index in [0.29, 0.717) is 18.2 Å². The van der Waals surface area contributed by atoms with Gasteiger partial charge in [0.15, 0.2) is 5.65 Å². The zero-order valence-electron chi connectivity index (χ0n) is 19.3. The summed E-state index contributed by atoms with van der Waals surface area (Å²) in [7, 11) is 0. The van der Waals surface area contributed by atoms with Crippen LogP contribution < -0.4 is 15.6 Å². The van der Waals surface area contributed by atoms with Crippen molar-refractivity contribution in [1.29, 1.82) is 0 Å². The highest BCUT2D eigenvalue weighted by Crippen LogP contribution is 2.24. The van der Waals surface area contributed by atoms with E-state index in [9.17, 15) is 4.79 Å². The number of nitrogens with one attached hydrogen (secondary N) is 1. The maximum atomic E-state index is 12.6. The highest BCUT2D eigenvalue weighted by Gasteiger charge is 2.10. The molecule has 0 bridgehead atoms. The summed E-state index contributed by atoms with van der Waals surface area (Å²) in [5, 5.41) is 4.04. The van der Waals surface area contributed by atoms with Gasteiger partial charge in [0, 0.05) is 29.9 Å². The molecule has 0 aliphatic carbocycles. The van der Waals surface area contributed by atoms with Crippen LogP contribution in [-0.4, -0.2) is 45.7 Å². The van der Waals surface area contributed by atoms with E-state index in [4.69, 9.17) is 4.74 Å². The minimum absolute atomic E-state index is 0.139. The Kier molecular flexibility index (Phi) is 7.00. The van der Waals surface area contributed by atoms with Gasteiger partial charge < -0.3 is 15.0 Å². The Balaban J connectivity index is 1.56. The fraction of sp³-hybridized carbons (Fsp3) is 0.269. The van der Waals surface area contributed by atoms with Crippen molar-refractivity contribution < 1.29 is 4.74 Å². The molecule has 2 heterocycles. The molecule has 4 rings (SSSR count). The number of aromatic nitrogens is 3. The van der Waals surface area contributed by atoms with Crippen molar-refractivity contribution >= 4 is 22.7 Å². The van der Waals surface area contributed by atoms with Crippen LogP contribution in [0.3, 0.4) is 0 Å². The summed E-state index contributed by atoms with van der Waals surface area (Å²) < 4.78 is 7.57. The predicted octanol–water partition coefficient (Wildman–Crippen LogP) is 4.55. The lowest BCUT2D eigenvalue weighted by molar-refractivity contribution is 0.222. The molecule has 7 heteroatoms. The van der Waals surface area contributed by atoms with Crippen LogP contribution in [0.2, 0.25) is 0 Å². The zero-order chi connectivity index (χ0) is 23.2. The Morgan fingerprint density at radius 1 is 1.03 bits per heavy atom. The molecule has 0 atom stereocenters. The van der Waals surface area contributed by atoms with Gasteiger partial charge in [-0.2, -0.15) is 4.98 Å². The molecule has 0 unspecified atom stereocenters. The minimum Gasteiger partial charge on any atom is -0.492 e. The SMILES string of the molecule is CCN(CC)CCOc1ccc(Nc2ncc3ccc(=O)n(-c4ccccc4)c3n2)cc1C. The third kappa shape index (κ3) is 5.21. The highest BCUT2D eigenvalue weighted by molar-refractivity contribution is 5.77. The molecule has 0 aliphatic heterocycles. The van der Waals surface area contributed by atoms with Crippen molar-refractivity contribution in [3.8, 4) is 11.4 Å². The molecule has 0 fully saturated rings. The molecule has 4 aromatic rings. The van der Waals surface area contributed by atoms with Gasteiger partial charge in [-0.25, -0.2) is 4.98 Å². The van der Waals surface area contributed by atoms with E-state index in [0.717, 1.165) is 47.7 Å².